The van der Waals surface area contributed by atoms with Crippen molar-refractivity contribution in [2.24, 2.45) is 0 Å². The van der Waals surface area contributed by atoms with Crippen molar-refractivity contribution in [3.8, 4) is 0 Å². The Hall–Kier alpha value is -1.03. The molecule has 13 heavy (non-hydrogen) atoms. The SMILES string of the molecule is CC[s+]1c(C)c(C)c(C(=O)O)c1N. The Bertz CT molecular complexity index is 355. The molecule has 0 bridgehead atoms. The third-order valence-electron chi connectivity index (χ3n) is 2.29. The Morgan fingerprint density at radius 1 is 1.54 bits per heavy atom. The molecular weight excluding hydrogens is 186 g/mol. The molecule has 1 atom stereocenters. The number of rotatable bonds is 2. The van der Waals surface area contributed by atoms with Gasteiger partial charge in [-0.05, 0) is 13.8 Å². The van der Waals surface area contributed by atoms with E-state index >= 15 is 0 Å². The summed E-state index contributed by atoms with van der Waals surface area (Å²) in [5.74, 6) is -0.0102. The van der Waals surface area contributed by atoms with Crippen molar-refractivity contribution in [3.63, 3.8) is 0 Å². The molecule has 0 saturated heterocycles. The van der Waals surface area contributed by atoms with Gasteiger partial charge in [-0.25, -0.2) is 4.79 Å². The fourth-order valence-electron chi connectivity index (χ4n) is 1.47. The Morgan fingerprint density at radius 2 is 2.08 bits per heavy atom. The third kappa shape index (κ3) is 1.42. The van der Waals surface area contributed by atoms with Crippen LogP contribution in [0.25, 0.3) is 0 Å². The first-order valence-corrected chi connectivity index (χ1v) is 5.51. The summed E-state index contributed by atoms with van der Waals surface area (Å²) in [6, 6.07) is 0. The van der Waals surface area contributed by atoms with Crippen LogP contribution in [-0.4, -0.2) is 11.1 Å². The van der Waals surface area contributed by atoms with Gasteiger partial charge in [-0.2, -0.15) is 0 Å². The lowest BCUT2D eigenvalue weighted by atomic mass is 10.2. The summed E-state index contributed by atoms with van der Waals surface area (Å²) in [5, 5.41) is 9.46. The molecule has 0 fully saturated rings. The summed E-state index contributed by atoms with van der Waals surface area (Å²) in [6.07, 6.45) is 0. The highest BCUT2D eigenvalue weighted by Crippen LogP contribution is 2.40. The molecule has 0 radical (unpaired) electrons. The number of thiophene rings is 1. The average molecular weight is 200 g/mol. The van der Waals surface area contributed by atoms with Crippen molar-refractivity contribution < 1.29 is 9.90 Å². The van der Waals surface area contributed by atoms with E-state index in [2.05, 4.69) is 0 Å². The lowest BCUT2D eigenvalue weighted by Crippen LogP contribution is -2.00. The van der Waals surface area contributed by atoms with Gasteiger partial charge >= 0.3 is 5.97 Å². The summed E-state index contributed by atoms with van der Waals surface area (Å²) in [5.41, 5.74) is 6.95. The fourth-order valence-corrected chi connectivity index (χ4v) is 3.50. The molecule has 0 aliphatic heterocycles. The Balaban J connectivity index is 3.45. The van der Waals surface area contributed by atoms with Crippen LogP contribution in [0.1, 0.15) is 27.7 Å². The number of nitrogens with two attached hydrogens (primary N) is 1. The molecule has 0 aliphatic rings. The lowest BCUT2D eigenvalue weighted by molar-refractivity contribution is 0.0697. The van der Waals surface area contributed by atoms with Crippen LogP contribution in [0.3, 0.4) is 0 Å². The van der Waals surface area contributed by atoms with Gasteiger partial charge in [0.15, 0.2) is 4.88 Å². The molecule has 3 N–H and O–H groups in total. The number of carbonyl (C=O) groups is 1. The first-order chi connectivity index (χ1) is 6.00. The van der Waals surface area contributed by atoms with Crippen molar-refractivity contribution in [2.45, 2.75) is 26.5 Å². The van der Waals surface area contributed by atoms with Gasteiger partial charge in [0.25, 0.3) is 5.00 Å². The van der Waals surface area contributed by atoms with Gasteiger partial charge in [0, 0.05) is 23.0 Å². The smallest absolute Gasteiger partial charge is 0.343 e. The van der Waals surface area contributed by atoms with E-state index in [1.807, 2.05) is 20.8 Å². The number of nitrogen functional groups attached to an aromatic ring is 1. The number of anilines is 1. The summed E-state index contributed by atoms with van der Waals surface area (Å²) >= 11 is 0. The Labute approximate surface area is 80.2 Å². The van der Waals surface area contributed by atoms with Crippen LogP contribution in [0, 0.1) is 13.8 Å². The van der Waals surface area contributed by atoms with Crippen molar-refractivity contribution >= 4 is 21.4 Å². The molecule has 1 unspecified atom stereocenters. The van der Waals surface area contributed by atoms with Gasteiger partial charge in [0.2, 0.25) is 0 Å². The molecule has 1 rings (SSSR count). The molecular formula is C9H14NO2S+. The van der Waals surface area contributed by atoms with Gasteiger partial charge in [0.05, 0.1) is 0 Å². The molecule has 0 aliphatic carbocycles. The van der Waals surface area contributed by atoms with Gasteiger partial charge < -0.3 is 10.8 Å². The fraction of sp³-hybridized carbons (Fsp3) is 0.444. The van der Waals surface area contributed by atoms with Crippen LogP contribution >= 0.6 is 10.5 Å². The summed E-state index contributed by atoms with van der Waals surface area (Å²) in [7, 11) is -0.148. The zero-order chi connectivity index (χ0) is 10.2. The van der Waals surface area contributed by atoms with E-state index in [4.69, 9.17) is 10.8 Å². The maximum atomic E-state index is 10.9. The number of hydrogen-bond donors (Lipinski definition) is 2. The highest BCUT2D eigenvalue weighted by Gasteiger charge is 2.28. The van der Waals surface area contributed by atoms with E-state index in [-0.39, 0.29) is 10.5 Å². The predicted octanol–water partition coefficient (Wildman–Crippen LogP) is 2.35. The topological polar surface area (TPSA) is 63.3 Å². The second kappa shape index (κ2) is 3.38. The Morgan fingerprint density at radius 3 is 2.31 bits per heavy atom. The van der Waals surface area contributed by atoms with Gasteiger partial charge in [-0.15, -0.1) is 0 Å². The monoisotopic (exact) mass is 200 g/mol. The van der Waals surface area contributed by atoms with Crippen molar-refractivity contribution in [1.29, 1.82) is 0 Å². The standard InChI is InChI=1S/C9H13NO2S/c1-4-13-6(3)5(2)7(8(13)10)9(11)12/h4,10H2,1-3H3/p+1. The van der Waals surface area contributed by atoms with E-state index < -0.39 is 5.97 Å². The molecule has 72 valence electrons. The van der Waals surface area contributed by atoms with Crippen LogP contribution in [-0.2, 0) is 5.75 Å². The van der Waals surface area contributed by atoms with E-state index in [0.717, 1.165) is 16.2 Å². The number of carboxylic acid groups (broad SMARTS) is 1. The van der Waals surface area contributed by atoms with E-state index in [1.165, 1.54) is 0 Å². The lowest BCUT2D eigenvalue weighted by Gasteiger charge is -1.88. The molecule has 1 aromatic rings. The minimum atomic E-state index is -0.905. The molecule has 0 spiro atoms. The molecule has 4 heteroatoms. The molecule has 0 aromatic carbocycles. The summed E-state index contributed by atoms with van der Waals surface area (Å²) in [4.78, 5) is 12.0. The maximum Gasteiger partial charge on any atom is 0.343 e. The maximum absolute atomic E-state index is 10.9. The second-order valence-electron chi connectivity index (χ2n) is 2.91. The first-order valence-electron chi connectivity index (χ1n) is 4.12. The van der Waals surface area contributed by atoms with Gasteiger partial charge in [-0.1, -0.05) is 0 Å². The van der Waals surface area contributed by atoms with Crippen LogP contribution in [0.15, 0.2) is 0 Å². The molecule has 3 nitrogen and oxygen atoms in total. The summed E-state index contributed by atoms with van der Waals surface area (Å²) in [6.45, 7) is 5.82. The zero-order valence-corrected chi connectivity index (χ0v) is 8.86. The van der Waals surface area contributed by atoms with Crippen LogP contribution in [0.2, 0.25) is 0 Å². The van der Waals surface area contributed by atoms with Crippen LogP contribution < -0.4 is 5.73 Å². The van der Waals surface area contributed by atoms with Gasteiger partial charge in [0.1, 0.15) is 11.3 Å². The normalized spacial score (nSPS) is 11.8. The number of carboxylic acids is 1. The molecule has 0 saturated carbocycles. The number of aromatic carboxylic acids is 1. The molecule has 0 amide bonds. The number of hydrogen-bond acceptors (Lipinski definition) is 2. The predicted molar refractivity (Wildman–Crippen MR) is 55.4 cm³/mol. The van der Waals surface area contributed by atoms with Crippen LogP contribution in [0.4, 0.5) is 5.00 Å². The highest BCUT2D eigenvalue weighted by atomic mass is 32.2. The minimum Gasteiger partial charge on any atom is -0.477 e. The zero-order valence-electron chi connectivity index (χ0n) is 8.05. The second-order valence-corrected chi connectivity index (χ2v) is 5.32. The van der Waals surface area contributed by atoms with E-state index in [1.54, 1.807) is 0 Å². The van der Waals surface area contributed by atoms with Gasteiger partial charge in [-0.3, -0.25) is 0 Å². The molecule has 1 aromatic heterocycles. The average Bonchev–Trinajstić information content (AvgIpc) is 2.24. The minimum absolute atomic E-state index is 0.148. The summed E-state index contributed by atoms with van der Waals surface area (Å²) < 4.78 is 0. The van der Waals surface area contributed by atoms with Crippen molar-refractivity contribution in [1.82, 2.24) is 0 Å². The van der Waals surface area contributed by atoms with Crippen LogP contribution in [0.5, 0.6) is 0 Å². The highest BCUT2D eigenvalue weighted by molar-refractivity contribution is 7.34. The third-order valence-corrected chi connectivity index (χ3v) is 4.64. The molecule has 1 heterocycles. The Kier molecular flexibility index (Phi) is 2.61. The van der Waals surface area contributed by atoms with Crippen molar-refractivity contribution in [2.75, 3.05) is 5.73 Å². The van der Waals surface area contributed by atoms with E-state index in [9.17, 15) is 4.79 Å². The largest absolute Gasteiger partial charge is 0.477 e. The van der Waals surface area contributed by atoms with E-state index in [0.29, 0.717) is 10.6 Å². The quantitative estimate of drug-likeness (QED) is 0.720. The van der Waals surface area contributed by atoms with Crippen molar-refractivity contribution in [3.05, 3.63) is 16.0 Å². The first kappa shape index (κ1) is 10.1.